The Bertz CT molecular complexity index is 708. The van der Waals surface area contributed by atoms with E-state index in [1.807, 2.05) is 26.8 Å². The van der Waals surface area contributed by atoms with E-state index in [0.29, 0.717) is 5.76 Å². The highest BCUT2D eigenvalue weighted by Crippen LogP contribution is 2.22. The number of sulfonamides is 1. The molecular formula is C14H17ClN2O3S. The van der Waals surface area contributed by atoms with E-state index in [-0.39, 0.29) is 22.6 Å². The summed E-state index contributed by atoms with van der Waals surface area (Å²) >= 11 is 5.70. The van der Waals surface area contributed by atoms with Gasteiger partial charge in [0.25, 0.3) is 0 Å². The number of aromatic nitrogens is 1. The molecule has 0 spiro atoms. The van der Waals surface area contributed by atoms with Crippen molar-refractivity contribution >= 4 is 21.6 Å². The molecule has 0 fully saturated rings. The molecule has 114 valence electrons. The molecule has 2 heterocycles. The monoisotopic (exact) mass is 328 g/mol. The van der Waals surface area contributed by atoms with E-state index in [4.69, 9.17) is 16.0 Å². The number of rotatable bonds is 5. The number of furan rings is 1. The summed E-state index contributed by atoms with van der Waals surface area (Å²) < 4.78 is 32.2. The van der Waals surface area contributed by atoms with Crippen LogP contribution in [0.1, 0.15) is 25.4 Å². The molecule has 7 heteroatoms. The average Bonchev–Trinajstić information content (AvgIpc) is 2.81. The van der Waals surface area contributed by atoms with Crippen LogP contribution in [0.15, 0.2) is 39.8 Å². The van der Waals surface area contributed by atoms with Crippen molar-refractivity contribution in [2.75, 3.05) is 0 Å². The van der Waals surface area contributed by atoms with Gasteiger partial charge in [-0.15, -0.1) is 0 Å². The maximum Gasteiger partial charge on any atom is 0.245 e. The lowest BCUT2D eigenvalue weighted by molar-refractivity contribution is 0.314. The number of pyridine rings is 1. The second-order valence-electron chi connectivity index (χ2n) is 4.97. The van der Waals surface area contributed by atoms with Gasteiger partial charge in [0.15, 0.2) is 0 Å². The smallest absolute Gasteiger partial charge is 0.245 e. The molecule has 0 unspecified atom stereocenters. The summed E-state index contributed by atoms with van der Waals surface area (Å²) in [6.45, 7) is 5.63. The third-order valence-electron chi connectivity index (χ3n) is 2.99. The zero-order valence-electron chi connectivity index (χ0n) is 12.1. The first-order valence-corrected chi connectivity index (χ1v) is 8.31. The van der Waals surface area contributed by atoms with Crippen molar-refractivity contribution in [3.8, 4) is 0 Å². The van der Waals surface area contributed by atoms with E-state index in [9.17, 15) is 8.42 Å². The fourth-order valence-electron chi connectivity index (χ4n) is 1.92. The number of hydrogen-bond donors (Lipinski definition) is 0. The lowest BCUT2D eigenvalue weighted by Gasteiger charge is -2.24. The lowest BCUT2D eigenvalue weighted by atomic mass is 10.3. The Labute approximate surface area is 129 Å². The van der Waals surface area contributed by atoms with Crippen LogP contribution in [0, 0.1) is 6.92 Å². The van der Waals surface area contributed by atoms with Gasteiger partial charge in [-0.2, -0.15) is 4.31 Å². The molecule has 0 atom stereocenters. The molecule has 0 aliphatic rings. The van der Waals surface area contributed by atoms with Crippen molar-refractivity contribution in [3.05, 3.63) is 47.1 Å². The molecule has 0 aromatic carbocycles. The SMILES string of the molecule is Cc1ccc(CN(C(C)C)S(=O)(=O)c2ccc(Cl)nc2)o1. The molecule has 2 rings (SSSR count). The predicted octanol–water partition coefficient (Wildman–Crippen LogP) is 3.24. The quantitative estimate of drug-likeness (QED) is 0.790. The Morgan fingerprint density at radius 3 is 2.48 bits per heavy atom. The minimum absolute atomic E-state index is 0.115. The molecule has 0 amide bonds. The topological polar surface area (TPSA) is 63.4 Å². The van der Waals surface area contributed by atoms with E-state index in [0.717, 1.165) is 5.76 Å². The van der Waals surface area contributed by atoms with Crippen LogP contribution in [0.25, 0.3) is 0 Å². The summed E-state index contributed by atoms with van der Waals surface area (Å²) in [5.41, 5.74) is 0. The van der Waals surface area contributed by atoms with Crippen LogP contribution in [-0.2, 0) is 16.6 Å². The van der Waals surface area contributed by atoms with Crippen LogP contribution in [0.2, 0.25) is 5.15 Å². The van der Waals surface area contributed by atoms with E-state index in [1.165, 1.54) is 22.6 Å². The van der Waals surface area contributed by atoms with Gasteiger partial charge in [0.05, 0.1) is 6.54 Å². The van der Waals surface area contributed by atoms with Gasteiger partial charge in [-0.3, -0.25) is 0 Å². The number of aryl methyl sites for hydroxylation is 1. The number of nitrogens with zero attached hydrogens (tertiary/aromatic N) is 2. The molecule has 0 saturated heterocycles. The molecule has 2 aromatic rings. The predicted molar refractivity (Wildman–Crippen MR) is 80.6 cm³/mol. The third-order valence-corrected chi connectivity index (χ3v) is 5.22. The Morgan fingerprint density at radius 2 is 2.00 bits per heavy atom. The van der Waals surface area contributed by atoms with Crippen LogP contribution < -0.4 is 0 Å². The molecule has 0 bridgehead atoms. The number of hydrogen-bond acceptors (Lipinski definition) is 4. The molecule has 0 aliphatic heterocycles. The van der Waals surface area contributed by atoms with Gasteiger partial charge >= 0.3 is 0 Å². The molecule has 5 nitrogen and oxygen atoms in total. The summed E-state index contributed by atoms with van der Waals surface area (Å²) in [6, 6.07) is 6.29. The first-order valence-electron chi connectivity index (χ1n) is 6.49. The highest BCUT2D eigenvalue weighted by atomic mass is 35.5. The normalized spacial score (nSPS) is 12.3. The third kappa shape index (κ3) is 3.64. The highest BCUT2D eigenvalue weighted by molar-refractivity contribution is 7.89. The summed E-state index contributed by atoms with van der Waals surface area (Å²) in [4.78, 5) is 3.95. The van der Waals surface area contributed by atoms with E-state index in [2.05, 4.69) is 4.98 Å². The fraction of sp³-hybridized carbons (Fsp3) is 0.357. The Hall–Kier alpha value is -1.37. The summed E-state index contributed by atoms with van der Waals surface area (Å²) in [5.74, 6) is 1.35. The van der Waals surface area contributed by atoms with E-state index in [1.54, 1.807) is 6.07 Å². The highest BCUT2D eigenvalue weighted by Gasteiger charge is 2.28. The Kier molecular flexibility index (Phi) is 4.70. The van der Waals surface area contributed by atoms with Crippen molar-refractivity contribution in [1.82, 2.24) is 9.29 Å². The maximum atomic E-state index is 12.7. The second-order valence-corrected chi connectivity index (χ2v) is 7.25. The minimum atomic E-state index is -3.65. The maximum absolute atomic E-state index is 12.7. The van der Waals surface area contributed by atoms with Crippen molar-refractivity contribution in [2.45, 2.75) is 38.3 Å². The molecule has 0 saturated carbocycles. The van der Waals surface area contributed by atoms with Crippen LogP contribution in [0.3, 0.4) is 0 Å². The molecule has 0 N–H and O–H groups in total. The van der Waals surface area contributed by atoms with Crippen molar-refractivity contribution in [2.24, 2.45) is 0 Å². The van der Waals surface area contributed by atoms with Crippen molar-refractivity contribution < 1.29 is 12.8 Å². The summed E-state index contributed by atoms with van der Waals surface area (Å²) in [6.07, 6.45) is 1.26. The van der Waals surface area contributed by atoms with Gasteiger partial charge in [-0.05, 0) is 45.0 Å². The zero-order chi connectivity index (χ0) is 15.6. The standard InChI is InChI=1S/C14H17ClN2O3S/c1-10(2)17(9-12-5-4-11(3)20-12)21(18,19)13-6-7-14(15)16-8-13/h4-8,10H,9H2,1-3H3. The molecule has 0 aliphatic carbocycles. The summed E-state index contributed by atoms with van der Waals surface area (Å²) in [5, 5.41) is 0.256. The lowest BCUT2D eigenvalue weighted by Crippen LogP contribution is -2.36. The number of halogens is 1. The first-order chi connectivity index (χ1) is 9.80. The van der Waals surface area contributed by atoms with Crippen molar-refractivity contribution in [1.29, 1.82) is 0 Å². The molecule has 0 radical (unpaired) electrons. The van der Waals surface area contributed by atoms with Gasteiger partial charge in [-0.1, -0.05) is 11.6 Å². The van der Waals surface area contributed by atoms with Crippen LogP contribution in [0.4, 0.5) is 0 Å². The van der Waals surface area contributed by atoms with Crippen LogP contribution in [-0.4, -0.2) is 23.7 Å². The van der Waals surface area contributed by atoms with Gasteiger partial charge in [0.2, 0.25) is 10.0 Å². The Balaban J connectivity index is 2.34. The molecule has 2 aromatic heterocycles. The van der Waals surface area contributed by atoms with E-state index >= 15 is 0 Å². The van der Waals surface area contributed by atoms with Crippen LogP contribution >= 0.6 is 11.6 Å². The van der Waals surface area contributed by atoms with Crippen LogP contribution in [0.5, 0.6) is 0 Å². The largest absolute Gasteiger partial charge is 0.465 e. The van der Waals surface area contributed by atoms with Gasteiger partial charge < -0.3 is 4.42 Å². The summed E-state index contributed by atoms with van der Waals surface area (Å²) in [7, 11) is -3.65. The average molecular weight is 329 g/mol. The second kappa shape index (κ2) is 6.17. The van der Waals surface area contributed by atoms with Crippen molar-refractivity contribution in [3.63, 3.8) is 0 Å². The fourth-order valence-corrected chi connectivity index (χ4v) is 3.58. The van der Waals surface area contributed by atoms with Gasteiger partial charge in [-0.25, -0.2) is 13.4 Å². The zero-order valence-corrected chi connectivity index (χ0v) is 13.6. The minimum Gasteiger partial charge on any atom is -0.465 e. The van der Waals surface area contributed by atoms with E-state index < -0.39 is 10.0 Å². The molecular weight excluding hydrogens is 312 g/mol. The Morgan fingerprint density at radius 1 is 1.29 bits per heavy atom. The molecule has 21 heavy (non-hydrogen) atoms. The van der Waals surface area contributed by atoms with Gasteiger partial charge in [0, 0.05) is 12.2 Å². The van der Waals surface area contributed by atoms with Gasteiger partial charge in [0.1, 0.15) is 21.6 Å². The first kappa shape index (κ1) is 16.0.